The molecule has 4 nitrogen and oxygen atoms in total. The van der Waals surface area contributed by atoms with Gasteiger partial charge in [-0.05, 0) is 44.2 Å². The first kappa shape index (κ1) is 17.5. The molecule has 0 saturated carbocycles. The lowest BCUT2D eigenvalue weighted by atomic mass is 9.94. The lowest BCUT2D eigenvalue weighted by Gasteiger charge is -2.34. The van der Waals surface area contributed by atoms with Crippen LogP contribution in [0.5, 0.6) is 0 Å². The SMILES string of the molecule is CC1(C)CC(Cc2ccccn2)N=C(c2cnc3c(F)c(F)ccc3c2)O1. The van der Waals surface area contributed by atoms with Crippen LogP contribution in [0.1, 0.15) is 31.5 Å². The number of hydrogen-bond acceptors (Lipinski definition) is 4. The van der Waals surface area contributed by atoms with Gasteiger partial charge >= 0.3 is 0 Å². The van der Waals surface area contributed by atoms with Crippen LogP contribution in [0, 0.1) is 11.6 Å². The molecule has 0 aliphatic carbocycles. The molecule has 3 heterocycles. The molecule has 1 aliphatic rings. The highest BCUT2D eigenvalue weighted by Gasteiger charge is 2.32. The third-order valence-corrected chi connectivity index (χ3v) is 4.56. The minimum atomic E-state index is -0.945. The van der Waals surface area contributed by atoms with E-state index in [-0.39, 0.29) is 11.6 Å². The van der Waals surface area contributed by atoms with Crippen molar-refractivity contribution in [3.8, 4) is 0 Å². The Labute approximate surface area is 155 Å². The summed E-state index contributed by atoms with van der Waals surface area (Å²) < 4.78 is 33.3. The quantitative estimate of drug-likeness (QED) is 0.686. The molecule has 0 saturated heterocycles. The molecule has 0 N–H and O–H groups in total. The monoisotopic (exact) mass is 367 g/mol. The molecule has 0 spiro atoms. The lowest BCUT2D eigenvalue weighted by Crippen LogP contribution is -2.38. The Kier molecular flexibility index (Phi) is 4.34. The third-order valence-electron chi connectivity index (χ3n) is 4.56. The zero-order valence-electron chi connectivity index (χ0n) is 15.1. The first-order chi connectivity index (χ1) is 12.9. The first-order valence-corrected chi connectivity index (χ1v) is 8.82. The molecular weight excluding hydrogens is 348 g/mol. The van der Waals surface area contributed by atoms with Crippen molar-refractivity contribution in [2.24, 2.45) is 4.99 Å². The first-order valence-electron chi connectivity index (χ1n) is 8.82. The molecule has 0 amide bonds. The number of ether oxygens (including phenoxy) is 1. The van der Waals surface area contributed by atoms with Crippen LogP contribution in [0.2, 0.25) is 0 Å². The molecule has 1 unspecified atom stereocenters. The molecule has 1 atom stereocenters. The normalized spacial score (nSPS) is 18.8. The Bertz CT molecular complexity index is 1020. The molecule has 0 radical (unpaired) electrons. The molecule has 4 rings (SSSR count). The minimum Gasteiger partial charge on any atom is -0.471 e. The Hall–Kier alpha value is -2.89. The van der Waals surface area contributed by atoms with Crippen molar-refractivity contribution in [2.45, 2.75) is 38.3 Å². The van der Waals surface area contributed by atoms with Crippen molar-refractivity contribution in [3.05, 3.63) is 71.7 Å². The highest BCUT2D eigenvalue weighted by atomic mass is 19.2. The van der Waals surface area contributed by atoms with E-state index < -0.39 is 17.2 Å². The summed E-state index contributed by atoms with van der Waals surface area (Å²) >= 11 is 0. The van der Waals surface area contributed by atoms with Crippen LogP contribution in [-0.2, 0) is 11.2 Å². The summed E-state index contributed by atoms with van der Waals surface area (Å²) in [6.07, 6.45) is 4.71. The predicted octanol–water partition coefficient (Wildman–Crippen LogP) is 4.46. The number of hydrogen-bond donors (Lipinski definition) is 0. The zero-order chi connectivity index (χ0) is 19.0. The Balaban J connectivity index is 1.70. The van der Waals surface area contributed by atoms with E-state index >= 15 is 0 Å². The Morgan fingerprint density at radius 1 is 1.15 bits per heavy atom. The summed E-state index contributed by atoms with van der Waals surface area (Å²) in [5.41, 5.74) is 1.21. The van der Waals surface area contributed by atoms with E-state index in [1.165, 1.54) is 12.3 Å². The predicted molar refractivity (Wildman–Crippen MR) is 99.7 cm³/mol. The van der Waals surface area contributed by atoms with Gasteiger partial charge in [0.2, 0.25) is 5.90 Å². The lowest BCUT2D eigenvalue weighted by molar-refractivity contribution is 0.0633. The molecule has 3 aromatic rings. The van der Waals surface area contributed by atoms with Crippen LogP contribution in [0.15, 0.2) is 53.8 Å². The number of aromatic nitrogens is 2. The average molecular weight is 367 g/mol. The van der Waals surface area contributed by atoms with Gasteiger partial charge in [0, 0.05) is 36.3 Å². The largest absolute Gasteiger partial charge is 0.471 e. The molecule has 27 heavy (non-hydrogen) atoms. The van der Waals surface area contributed by atoms with Gasteiger partial charge in [0.15, 0.2) is 11.6 Å². The van der Waals surface area contributed by atoms with Crippen LogP contribution in [0.25, 0.3) is 10.9 Å². The van der Waals surface area contributed by atoms with E-state index in [2.05, 4.69) is 9.97 Å². The highest BCUT2D eigenvalue weighted by molar-refractivity contribution is 5.98. The summed E-state index contributed by atoms with van der Waals surface area (Å²) in [5.74, 6) is -1.39. The van der Waals surface area contributed by atoms with E-state index in [1.54, 1.807) is 12.3 Å². The van der Waals surface area contributed by atoms with E-state index in [4.69, 9.17) is 9.73 Å². The van der Waals surface area contributed by atoms with Crippen LogP contribution < -0.4 is 0 Å². The van der Waals surface area contributed by atoms with E-state index in [0.29, 0.717) is 23.3 Å². The van der Waals surface area contributed by atoms with Gasteiger partial charge in [0.1, 0.15) is 11.1 Å². The molecule has 1 aromatic carbocycles. The molecule has 0 fully saturated rings. The van der Waals surface area contributed by atoms with Gasteiger partial charge in [0.05, 0.1) is 11.6 Å². The fraction of sp³-hybridized carbons (Fsp3) is 0.286. The van der Waals surface area contributed by atoms with Crippen molar-refractivity contribution in [1.29, 1.82) is 0 Å². The highest BCUT2D eigenvalue weighted by Crippen LogP contribution is 2.29. The van der Waals surface area contributed by atoms with Crippen LogP contribution >= 0.6 is 0 Å². The van der Waals surface area contributed by atoms with Gasteiger partial charge in [-0.1, -0.05) is 6.07 Å². The van der Waals surface area contributed by atoms with Crippen molar-refractivity contribution in [3.63, 3.8) is 0 Å². The maximum Gasteiger partial charge on any atom is 0.218 e. The molecular formula is C21H19F2N3O. The standard InChI is InChI=1S/C21H19F2N3O/c1-21(2)11-16(10-15-5-3-4-8-24-15)26-20(27-21)14-9-13-6-7-17(22)18(23)19(13)25-12-14/h3-9,12,16H,10-11H2,1-2H3. The van der Waals surface area contributed by atoms with Crippen molar-refractivity contribution >= 4 is 16.8 Å². The second-order valence-electron chi connectivity index (χ2n) is 7.34. The molecule has 2 aromatic heterocycles. The van der Waals surface area contributed by atoms with Gasteiger partial charge in [-0.15, -0.1) is 0 Å². The summed E-state index contributed by atoms with van der Waals surface area (Å²) in [4.78, 5) is 13.2. The van der Waals surface area contributed by atoms with Gasteiger partial charge in [0.25, 0.3) is 0 Å². The number of fused-ring (bicyclic) bond motifs is 1. The van der Waals surface area contributed by atoms with E-state index in [9.17, 15) is 8.78 Å². The van der Waals surface area contributed by atoms with Crippen molar-refractivity contribution < 1.29 is 13.5 Å². The number of rotatable bonds is 3. The Morgan fingerprint density at radius 3 is 2.78 bits per heavy atom. The molecule has 138 valence electrons. The minimum absolute atomic E-state index is 0.000504. The van der Waals surface area contributed by atoms with Gasteiger partial charge in [-0.3, -0.25) is 9.97 Å². The number of aliphatic imine (C=N–C) groups is 1. The topological polar surface area (TPSA) is 47.4 Å². The van der Waals surface area contributed by atoms with Gasteiger partial charge in [-0.2, -0.15) is 0 Å². The third kappa shape index (κ3) is 3.65. The molecule has 6 heteroatoms. The van der Waals surface area contributed by atoms with Gasteiger partial charge < -0.3 is 4.74 Å². The molecule has 1 aliphatic heterocycles. The maximum atomic E-state index is 13.9. The fourth-order valence-electron chi connectivity index (χ4n) is 3.38. The summed E-state index contributed by atoms with van der Waals surface area (Å²) in [6.45, 7) is 4.02. The second-order valence-corrected chi connectivity index (χ2v) is 7.34. The van der Waals surface area contributed by atoms with Crippen LogP contribution in [0.3, 0.4) is 0 Å². The van der Waals surface area contributed by atoms with Crippen molar-refractivity contribution in [2.75, 3.05) is 0 Å². The summed E-state index contributed by atoms with van der Waals surface area (Å²) in [5, 5.41) is 0.502. The van der Waals surface area contributed by atoms with E-state index in [1.807, 2.05) is 32.0 Å². The summed E-state index contributed by atoms with van der Waals surface area (Å²) in [7, 11) is 0. The fourth-order valence-corrected chi connectivity index (χ4v) is 3.38. The van der Waals surface area contributed by atoms with Crippen LogP contribution in [0.4, 0.5) is 8.78 Å². The zero-order valence-corrected chi connectivity index (χ0v) is 15.1. The van der Waals surface area contributed by atoms with Gasteiger partial charge in [-0.25, -0.2) is 13.8 Å². The molecule has 0 bridgehead atoms. The average Bonchev–Trinajstić information content (AvgIpc) is 2.64. The maximum absolute atomic E-state index is 13.9. The Morgan fingerprint density at radius 2 is 2.00 bits per heavy atom. The number of nitrogens with zero attached hydrogens (tertiary/aromatic N) is 3. The number of pyridine rings is 2. The smallest absolute Gasteiger partial charge is 0.218 e. The van der Waals surface area contributed by atoms with E-state index in [0.717, 1.165) is 18.2 Å². The number of halogens is 2. The van der Waals surface area contributed by atoms with Crippen LogP contribution in [-0.4, -0.2) is 27.5 Å². The summed E-state index contributed by atoms with van der Waals surface area (Å²) in [6, 6.07) is 10.2. The number of benzene rings is 1. The second kappa shape index (κ2) is 6.68. The van der Waals surface area contributed by atoms with Crippen molar-refractivity contribution in [1.82, 2.24) is 9.97 Å².